The number of carbonyl (C=O) groups is 3. The fourth-order valence-electron chi connectivity index (χ4n) is 4.53. The number of likely N-dealkylation sites (tertiary alicyclic amines) is 2. The first-order valence-corrected chi connectivity index (χ1v) is 11.8. The fourth-order valence-corrected chi connectivity index (χ4v) is 4.53. The van der Waals surface area contributed by atoms with Gasteiger partial charge in [0.2, 0.25) is 0 Å². The van der Waals surface area contributed by atoms with Crippen LogP contribution in [0.5, 0.6) is 0 Å². The average Bonchev–Trinajstić information content (AvgIpc) is 3.23. The molecule has 0 radical (unpaired) electrons. The first kappa shape index (κ1) is 26.9. The highest BCUT2D eigenvalue weighted by molar-refractivity contribution is 6.07. The highest BCUT2D eigenvalue weighted by Crippen LogP contribution is 2.35. The number of hydrogen-bond donors (Lipinski definition) is 1. The Balaban J connectivity index is 1.49. The van der Waals surface area contributed by atoms with Crippen molar-refractivity contribution in [3.63, 3.8) is 0 Å². The maximum Gasteiger partial charge on any atom is 0.433 e. The summed E-state index contributed by atoms with van der Waals surface area (Å²) in [6, 6.07) is 2.41. The van der Waals surface area contributed by atoms with E-state index in [0.29, 0.717) is 0 Å². The number of alkyl halides is 3. The molecule has 0 aliphatic carbocycles. The van der Waals surface area contributed by atoms with Crippen LogP contribution in [0.15, 0.2) is 55.4 Å². The molecule has 1 N–H and O–H groups in total. The van der Waals surface area contributed by atoms with E-state index in [4.69, 9.17) is 0 Å². The summed E-state index contributed by atoms with van der Waals surface area (Å²) in [5, 5.41) is 7.27. The van der Waals surface area contributed by atoms with Crippen LogP contribution in [0.3, 0.4) is 0 Å². The molecule has 0 aromatic carbocycles. The van der Waals surface area contributed by atoms with Gasteiger partial charge in [-0.05, 0) is 18.2 Å². The molecule has 0 bridgehead atoms. The first-order valence-electron chi connectivity index (χ1n) is 11.8. The van der Waals surface area contributed by atoms with Crippen molar-refractivity contribution in [2.75, 3.05) is 26.2 Å². The zero-order valence-corrected chi connectivity index (χ0v) is 20.6. The summed E-state index contributed by atoms with van der Waals surface area (Å²) in [7, 11) is 0. The monoisotopic (exact) mass is 561 g/mol. The number of amides is 3. The third-order valence-corrected chi connectivity index (χ3v) is 6.62. The predicted octanol–water partition coefficient (Wildman–Crippen LogP) is 2.80. The van der Waals surface area contributed by atoms with Gasteiger partial charge >= 0.3 is 6.18 Å². The van der Waals surface area contributed by atoms with Crippen LogP contribution in [0, 0.1) is 0 Å². The largest absolute Gasteiger partial charge is 0.433 e. The normalized spacial score (nSPS) is 15.9. The Morgan fingerprint density at radius 2 is 1.55 bits per heavy atom. The molecule has 2 aliphatic rings. The van der Waals surface area contributed by atoms with E-state index >= 15 is 0 Å². The molecule has 0 spiro atoms. The van der Waals surface area contributed by atoms with E-state index in [1.165, 1.54) is 32.8 Å². The summed E-state index contributed by atoms with van der Waals surface area (Å²) in [5.41, 5.74) is -0.221. The van der Waals surface area contributed by atoms with Gasteiger partial charge in [0.05, 0.1) is 17.6 Å². The van der Waals surface area contributed by atoms with E-state index in [1.807, 2.05) is 0 Å². The molecule has 0 unspecified atom stereocenters. The lowest BCUT2D eigenvalue weighted by molar-refractivity contribution is -0.141. The van der Waals surface area contributed by atoms with E-state index in [2.05, 4.69) is 33.5 Å². The van der Waals surface area contributed by atoms with E-state index in [1.54, 1.807) is 0 Å². The zero-order valence-electron chi connectivity index (χ0n) is 20.6. The summed E-state index contributed by atoms with van der Waals surface area (Å²) in [6.45, 7) is 6.16. The van der Waals surface area contributed by atoms with Gasteiger partial charge in [0.1, 0.15) is 22.4 Å². The minimum Gasteiger partial charge on any atom is -0.346 e. The lowest BCUT2D eigenvalue weighted by Crippen LogP contribution is -2.61. The van der Waals surface area contributed by atoms with Gasteiger partial charge in [0.15, 0.2) is 11.7 Å². The minimum absolute atomic E-state index is 0.0338. The number of halogens is 5. The second kappa shape index (κ2) is 9.81. The van der Waals surface area contributed by atoms with E-state index in [9.17, 15) is 36.3 Å². The molecule has 2 aliphatic heterocycles. The van der Waals surface area contributed by atoms with Crippen molar-refractivity contribution >= 4 is 28.8 Å². The topological polar surface area (TPSA) is 113 Å². The van der Waals surface area contributed by atoms with Crippen LogP contribution in [0.25, 0.3) is 22.3 Å². The fraction of sp³-hybridized carbons (Fsp3) is 0.280. The summed E-state index contributed by atoms with van der Waals surface area (Å²) in [4.78, 5) is 47.1. The number of aromatic nitrogens is 4. The lowest BCUT2D eigenvalue weighted by atomic mass is 10.1. The molecular weight excluding hydrogens is 541 g/mol. The van der Waals surface area contributed by atoms with Gasteiger partial charge in [0.25, 0.3) is 17.7 Å². The summed E-state index contributed by atoms with van der Waals surface area (Å²) in [6.07, 6.45) is -2.33. The van der Waals surface area contributed by atoms with Crippen molar-refractivity contribution in [2.45, 2.75) is 18.3 Å². The number of pyridine rings is 2. The molecular formula is C25H20F5N7O3. The molecule has 0 saturated carbocycles. The maximum absolute atomic E-state index is 13.3. The van der Waals surface area contributed by atoms with Gasteiger partial charge in [-0.25, -0.2) is 8.78 Å². The van der Waals surface area contributed by atoms with Crippen LogP contribution < -0.4 is 5.32 Å². The SMILES string of the molecule is C=C(F)C(=O)N1CC(NC(=O)c2ccnc3c(-c4ccc(C(F)(F)F)nc4)nn(C4CN(C(=O)C(=C)F)C4)c23)C1. The predicted molar refractivity (Wildman–Crippen MR) is 130 cm³/mol. The molecule has 2 fully saturated rings. The average molecular weight is 561 g/mol. The molecule has 2 saturated heterocycles. The van der Waals surface area contributed by atoms with Crippen LogP contribution in [-0.2, 0) is 15.8 Å². The van der Waals surface area contributed by atoms with Crippen molar-refractivity contribution in [1.29, 1.82) is 0 Å². The summed E-state index contributed by atoms with van der Waals surface area (Å²) >= 11 is 0. The lowest BCUT2D eigenvalue weighted by Gasteiger charge is -2.39. The quantitative estimate of drug-likeness (QED) is 0.366. The van der Waals surface area contributed by atoms with Crippen molar-refractivity contribution in [2.24, 2.45) is 0 Å². The highest BCUT2D eigenvalue weighted by atomic mass is 19.4. The van der Waals surface area contributed by atoms with Crippen LogP contribution in [-0.4, -0.2) is 79.5 Å². The molecule has 15 heteroatoms. The highest BCUT2D eigenvalue weighted by Gasteiger charge is 2.38. The van der Waals surface area contributed by atoms with Crippen LogP contribution in [0.4, 0.5) is 22.0 Å². The molecule has 3 amide bonds. The third-order valence-electron chi connectivity index (χ3n) is 6.62. The zero-order chi connectivity index (χ0) is 28.9. The molecule has 5 heterocycles. The third kappa shape index (κ3) is 4.78. The standard InChI is InChI=1S/C25H20F5N7O3/c1-12(26)23(39)35-8-15(9-35)33-22(38)17-5-6-31-20-19(14-3-4-18(32-7-14)25(28,29)30)34-37(21(17)20)16-10-36(11-16)24(40)13(2)27/h3-7,15-16H,1-2,8-11H2,(H,33,38). The molecule has 10 nitrogen and oxygen atoms in total. The second-order valence-electron chi connectivity index (χ2n) is 9.33. The van der Waals surface area contributed by atoms with Gasteiger partial charge in [-0.1, -0.05) is 13.2 Å². The molecule has 40 heavy (non-hydrogen) atoms. The molecule has 5 rings (SSSR count). The summed E-state index contributed by atoms with van der Waals surface area (Å²) < 4.78 is 67.0. The smallest absolute Gasteiger partial charge is 0.346 e. The number of rotatable bonds is 6. The number of hydrogen-bond acceptors (Lipinski definition) is 6. The Labute approximate surface area is 222 Å². The van der Waals surface area contributed by atoms with E-state index in [-0.39, 0.29) is 54.0 Å². The van der Waals surface area contributed by atoms with Crippen LogP contribution >= 0.6 is 0 Å². The molecule has 208 valence electrons. The summed E-state index contributed by atoms with van der Waals surface area (Å²) in [5.74, 6) is -4.57. The Morgan fingerprint density at radius 1 is 0.925 bits per heavy atom. The second-order valence-corrected chi connectivity index (χ2v) is 9.33. The Bertz CT molecular complexity index is 1560. The van der Waals surface area contributed by atoms with Crippen molar-refractivity contribution < 1.29 is 36.3 Å². The van der Waals surface area contributed by atoms with Crippen molar-refractivity contribution in [3.8, 4) is 11.3 Å². The number of nitrogens with zero attached hydrogens (tertiary/aromatic N) is 6. The van der Waals surface area contributed by atoms with Gasteiger partial charge in [-0.3, -0.25) is 29.0 Å². The Hall–Kier alpha value is -4.69. The first-order chi connectivity index (χ1) is 18.8. The van der Waals surface area contributed by atoms with Gasteiger partial charge < -0.3 is 15.1 Å². The maximum atomic E-state index is 13.3. The molecule has 0 atom stereocenters. The Morgan fingerprint density at radius 3 is 2.10 bits per heavy atom. The van der Waals surface area contributed by atoms with Crippen molar-refractivity contribution in [1.82, 2.24) is 34.9 Å². The number of carbonyl (C=O) groups excluding carboxylic acids is 3. The van der Waals surface area contributed by atoms with E-state index in [0.717, 1.165) is 12.3 Å². The van der Waals surface area contributed by atoms with Crippen LogP contribution in [0.1, 0.15) is 22.1 Å². The minimum atomic E-state index is -4.65. The van der Waals surface area contributed by atoms with Gasteiger partial charge in [-0.2, -0.15) is 18.3 Å². The Kier molecular flexibility index (Phi) is 6.59. The molecule has 3 aromatic rings. The number of fused-ring (bicyclic) bond motifs is 1. The van der Waals surface area contributed by atoms with Gasteiger partial charge in [0, 0.05) is 44.1 Å². The molecule has 3 aromatic heterocycles. The van der Waals surface area contributed by atoms with E-state index < -0.39 is 53.3 Å². The van der Waals surface area contributed by atoms with Crippen molar-refractivity contribution in [3.05, 3.63) is 66.7 Å². The number of nitrogens with one attached hydrogen (secondary N) is 1. The van der Waals surface area contributed by atoms with Gasteiger partial charge in [-0.15, -0.1) is 0 Å². The van der Waals surface area contributed by atoms with Crippen LogP contribution in [0.2, 0.25) is 0 Å².